The molecule has 3 aliphatic carbocycles. The Morgan fingerprint density at radius 2 is 1.75 bits per heavy atom. The van der Waals surface area contributed by atoms with Gasteiger partial charge in [0.05, 0.1) is 0 Å². The van der Waals surface area contributed by atoms with Crippen LogP contribution in [-0.2, 0) is 0 Å². The summed E-state index contributed by atoms with van der Waals surface area (Å²) in [4.78, 5) is 0.855. The largest absolute Gasteiger partial charge is 0.0881 e. The van der Waals surface area contributed by atoms with Gasteiger partial charge in [-0.3, -0.25) is 0 Å². The molecule has 0 aliphatic heterocycles. The molecule has 68 valence electrons. The van der Waals surface area contributed by atoms with Gasteiger partial charge in [-0.1, -0.05) is 36.7 Å². The standard InChI is InChI=1S/C11H17Br/c1-10(2)6-4-7-9(12)11(7,3)5-8(6)10/h6-9H,4-5H2,1-3H3/t6-,7+,8+,9-,11+/m1/s1. The Morgan fingerprint density at radius 3 is 2.33 bits per heavy atom. The fraction of sp³-hybridized carbons (Fsp3) is 1.00. The molecule has 12 heavy (non-hydrogen) atoms. The van der Waals surface area contributed by atoms with E-state index < -0.39 is 0 Å². The summed E-state index contributed by atoms with van der Waals surface area (Å²) in [5.74, 6) is 3.14. The second-order valence-electron chi connectivity index (χ2n) is 5.99. The Morgan fingerprint density at radius 1 is 1.08 bits per heavy atom. The molecule has 0 N–H and O–H groups in total. The van der Waals surface area contributed by atoms with Gasteiger partial charge in [0.25, 0.3) is 0 Å². The zero-order valence-corrected chi connectivity index (χ0v) is 9.69. The number of halogens is 1. The molecule has 0 heterocycles. The monoisotopic (exact) mass is 228 g/mol. The molecule has 0 spiro atoms. The van der Waals surface area contributed by atoms with Crippen LogP contribution in [0.4, 0.5) is 0 Å². The van der Waals surface area contributed by atoms with E-state index in [1.54, 1.807) is 0 Å². The zero-order valence-electron chi connectivity index (χ0n) is 8.10. The summed E-state index contributed by atoms with van der Waals surface area (Å²) in [6, 6.07) is 0. The predicted octanol–water partition coefficient (Wildman–Crippen LogP) is 3.45. The third kappa shape index (κ3) is 0.670. The molecular formula is C11H17Br. The van der Waals surface area contributed by atoms with Gasteiger partial charge >= 0.3 is 0 Å². The Balaban J connectivity index is 1.84. The van der Waals surface area contributed by atoms with Crippen LogP contribution in [0, 0.1) is 28.6 Å². The third-order valence-corrected chi connectivity index (χ3v) is 6.86. The molecule has 0 bridgehead atoms. The molecule has 0 unspecified atom stereocenters. The maximum atomic E-state index is 3.82. The lowest BCUT2D eigenvalue weighted by Gasteiger charge is -2.14. The Labute approximate surface area is 83.2 Å². The van der Waals surface area contributed by atoms with Crippen molar-refractivity contribution in [3.63, 3.8) is 0 Å². The van der Waals surface area contributed by atoms with Crippen molar-refractivity contribution in [3.05, 3.63) is 0 Å². The first-order valence-electron chi connectivity index (χ1n) is 5.12. The van der Waals surface area contributed by atoms with E-state index >= 15 is 0 Å². The van der Waals surface area contributed by atoms with Gasteiger partial charge in [-0.2, -0.15) is 0 Å². The zero-order chi connectivity index (χ0) is 8.72. The lowest BCUT2D eigenvalue weighted by Crippen LogP contribution is -2.07. The van der Waals surface area contributed by atoms with Crippen molar-refractivity contribution in [2.75, 3.05) is 0 Å². The average molecular weight is 229 g/mol. The lowest BCUT2D eigenvalue weighted by atomic mass is 9.90. The minimum atomic E-state index is 0.689. The molecule has 3 aliphatic rings. The normalized spacial score (nSPS) is 65.0. The van der Waals surface area contributed by atoms with Crippen LogP contribution in [0.1, 0.15) is 33.6 Å². The summed E-state index contributed by atoms with van der Waals surface area (Å²) in [6.07, 6.45) is 3.00. The number of rotatable bonds is 0. The summed E-state index contributed by atoms with van der Waals surface area (Å²) in [6.45, 7) is 7.39. The molecule has 3 rings (SSSR count). The molecule has 0 radical (unpaired) electrons. The highest BCUT2D eigenvalue weighted by atomic mass is 79.9. The van der Waals surface area contributed by atoms with Crippen LogP contribution in [0.5, 0.6) is 0 Å². The average Bonchev–Trinajstić information content (AvgIpc) is 2.71. The van der Waals surface area contributed by atoms with Gasteiger partial charge in [0.2, 0.25) is 0 Å². The first-order chi connectivity index (χ1) is 5.48. The van der Waals surface area contributed by atoms with Crippen LogP contribution in [0.2, 0.25) is 0 Å². The van der Waals surface area contributed by atoms with Crippen LogP contribution in [0.25, 0.3) is 0 Å². The smallest absolute Gasteiger partial charge is 0.0236 e. The minimum Gasteiger partial charge on any atom is -0.0881 e. The van der Waals surface area contributed by atoms with Gasteiger partial charge in [0.1, 0.15) is 0 Å². The fourth-order valence-corrected chi connectivity index (χ4v) is 4.92. The van der Waals surface area contributed by atoms with Crippen LogP contribution in [0.15, 0.2) is 0 Å². The van der Waals surface area contributed by atoms with Gasteiger partial charge < -0.3 is 0 Å². The molecule has 0 aromatic carbocycles. The highest BCUT2D eigenvalue weighted by molar-refractivity contribution is 9.09. The molecule has 5 atom stereocenters. The van der Waals surface area contributed by atoms with E-state index in [0.29, 0.717) is 10.8 Å². The summed E-state index contributed by atoms with van der Waals surface area (Å²) < 4.78 is 0. The van der Waals surface area contributed by atoms with Crippen molar-refractivity contribution in [3.8, 4) is 0 Å². The molecule has 0 aromatic rings. The van der Waals surface area contributed by atoms with E-state index in [1.165, 1.54) is 12.8 Å². The lowest BCUT2D eigenvalue weighted by molar-refractivity contribution is 0.349. The predicted molar refractivity (Wildman–Crippen MR) is 54.3 cm³/mol. The second-order valence-corrected chi connectivity index (χ2v) is 6.97. The quantitative estimate of drug-likeness (QED) is 0.558. The van der Waals surface area contributed by atoms with Crippen molar-refractivity contribution >= 4 is 15.9 Å². The Kier molecular flexibility index (Phi) is 1.18. The van der Waals surface area contributed by atoms with Gasteiger partial charge in [-0.15, -0.1) is 0 Å². The van der Waals surface area contributed by atoms with Crippen LogP contribution < -0.4 is 0 Å². The van der Waals surface area contributed by atoms with Crippen molar-refractivity contribution in [1.29, 1.82) is 0 Å². The first kappa shape index (κ1) is 7.84. The Bertz CT molecular complexity index is 245. The topological polar surface area (TPSA) is 0 Å². The maximum absolute atomic E-state index is 3.82. The molecule has 1 heteroatoms. The molecule has 3 saturated carbocycles. The molecule has 0 nitrogen and oxygen atoms in total. The van der Waals surface area contributed by atoms with E-state index in [9.17, 15) is 0 Å². The van der Waals surface area contributed by atoms with Crippen molar-refractivity contribution in [2.24, 2.45) is 28.6 Å². The molecule has 0 saturated heterocycles. The highest BCUT2D eigenvalue weighted by Gasteiger charge is 2.72. The van der Waals surface area contributed by atoms with E-state index in [0.717, 1.165) is 22.6 Å². The number of hydrogen-bond acceptors (Lipinski definition) is 0. The van der Waals surface area contributed by atoms with Gasteiger partial charge in [-0.25, -0.2) is 0 Å². The fourth-order valence-electron chi connectivity index (χ4n) is 3.73. The number of fused-ring (bicyclic) bond motifs is 2. The van der Waals surface area contributed by atoms with Crippen LogP contribution in [0.3, 0.4) is 0 Å². The third-order valence-electron chi connectivity index (χ3n) is 5.18. The number of alkyl halides is 1. The SMILES string of the molecule is CC1(C)[C@@H]2C[C@H]3[C@@H](Br)[C@@]3(C)C[C@@H]21. The first-order valence-corrected chi connectivity index (χ1v) is 6.03. The summed E-state index contributed by atoms with van der Waals surface area (Å²) >= 11 is 3.82. The molecular weight excluding hydrogens is 212 g/mol. The summed E-state index contributed by atoms with van der Waals surface area (Å²) in [7, 11) is 0. The van der Waals surface area contributed by atoms with Crippen LogP contribution >= 0.6 is 15.9 Å². The van der Waals surface area contributed by atoms with Crippen molar-refractivity contribution < 1.29 is 0 Å². The van der Waals surface area contributed by atoms with E-state index in [-0.39, 0.29) is 0 Å². The second kappa shape index (κ2) is 1.80. The van der Waals surface area contributed by atoms with Crippen LogP contribution in [-0.4, -0.2) is 4.83 Å². The minimum absolute atomic E-state index is 0.689. The maximum Gasteiger partial charge on any atom is 0.0236 e. The van der Waals surface area contributed by atoms with E-state index in [2.05, 4.69) is 36.7 Å². The molecule has 3 fully saturated rings. The molecule has 0 amide bonds. The van der Waals surface area contributed by atoms with Gasteiger partial charge in [-0.05, 0) is 41.4 Å². The van der Waals surface area contributed by atoms with E-state index in [4.69, 9.17) is 0 Å². The van der Waals surface area contributed by atoms with Gasteiger partial charge in [0, 0.05) is 4.83 Å². The van der Waals surface area contributed by atoms with Crippen molar-refractivity contribution in [1.82, 2.24) is 0 Å². The number of hydrogen-bond donors (Lipinski definition) is 0. The van der Waals surface area contributed by atoms with Crippen molar-refractivity contribution in [2.45, 2.75) is 38.4 Å². The summed E-state index contributed by atoms with van der Waals surface area (Å²) in [5, 5.41) is 0. The summed E-state index contributed by atoms with van der Waals surface area (Å²) in [5.41, 5.74) is 1.39. The van der Waals surface area contributed by atoms with E-state index in [1.807, 2.05) is 0 Å². The van der Waals surface area contributed by atoms with Gasteiger partial charge in [0.15, 0.2) is 0 Å². The highest BCUT2D eigenvalue weighted by Crippen LogP contribution is 2.78. The molecule has 0 aromatic heterocycles. The Hall–Kier alpha value is 0.480.